The van der Waals surface area contributed by atoms with E-state index in [2.05, 4.69) is 15.3 Å². The zero-order valence-electron chi connectivity index (χ0n) is 17.3. The fourth-order valence-corrected chi connectivity index (χ4v) is 3.31. The normalized spacial score (nSPS) is 10.8. The Kier molecular flexibility index (Phi) is 6.49. The molecule has 0 aliphatic rings. The number of hydrogen-bond donors (Lipinski definition) is 2. The van der Waals surface area contributed by atoms with E-state index in [1.165, 1.54) is 6.33 Å². The van der Waals surface area contributed by atoms with Crippen LogP contribution in [0.15, 0.2) is 73.2 Å². The lowest BCUT2D eigenvalue weighted by molar-refractivity contribution is 0.0690. The second-order valence-electron chi connectivity index (χ2n) is 7.18. The quantitative estimate of drug-likeness (QED) is 0.394. The van der Waals surface area contributed by atoms with Crippen molar-refractivity contribution in [1.29, 1.82) is 0 Å². The van der Waals surface area contributed by atoms with Crippen molar-refractivity contribution in [3.63, 3.8) is 0 Å². The van der Waals surface area contributed by atoms with Crippen LogP contribution < -0.4 is 10.1 Å². The smallest absolute Gasteiger partial charge is 0.356 e. The van der Waals surface area contributed by atoms with Crippen molar-refractivity contribution in [2.75, 3.05) is 0 Å². The van der Waals surface area contributed by atoms with Crippen molar-refractivity contribution < 1.29 is 14.6 Å². The van der Waals surface area contributed by atoms with Gasteiger partial charge in [0.1, 0.15) is 23.6 Å². The summed E-state index contributed by atoms with van der Waals surface area (Å²) in [5.74, 6) is 1.08. The van der Waals surface area contributed by atoms with Gasteiger partial charge < -0.3 is 15.2 Å². The molecule has 2 aromatic heterocycles. The van der Waals surface area contributed by atoms with E-state index in [1.807, 2.05) is 48.5 Å². The maximum Gasteiger partial charge on any atom is 0.356 e. The number of aromatic nitrogens is 3. The summed E-state index contributed by atoms with van der Waals surface area (Å²) in [5.41, 5.74) is 2.72. The van der Waals surface area contributed by atoms with Crippen LogP contribution in [0.4, 0.5) is 0 Å². The zero-order chi connectivity index (χ0) is 22.5. The SMILES string of the molecule is Cc1c(C(=O)O)ncn1-c1ccc(CNCc2ccc(Oc3ccc(Cl)cc3)cc2)cn1. The molecule has 0 amide bonds. The number of pyridine rings is 1. The Balaban J connectivity index is 1.30. The number of hydrogen-bond acceptors (Lipinski definition) is 5. The number of aromatic carboxylic acids is 1. The predicted molar refractivity (Wildman–Crippen MR) is 122 cm³/mol. The fraction of sp³-hybridized carbons (Fsp3) is 0.125. The molecule has 8 heteroatoms. The number of halogens is 1. The van der Waals surface area contributed by atoms with E-state index in [4.69, 9.17) is 21.4 Å². The molecule has 0 radical (unpaired) electrons. The number of nitrogens with one attached hydrogen (secondary N) is 1. The lowest BCUT2D eigenvalue weighted by atomic mass is 10.2. The van der Waals surface area contributed by atoms with Gasteiger partial charge in [-0.05, 0) is 60.5 Å². The van der Waals surface area contributed by atoms with E-state index in [1.54, 1.807) is 29.8 Å². The van der Waals surface area contributed by atoms with Crippen molar-refractivity contribution in [2.24, 2.45) is 0 Å². The largest absolute Gasteiger partial charge is 0.476 e. The average molecular weight is 449 g/mol. The topological polar surface area (TPSA) is 89.3 Å². The Morgan fingerprint density at radius 3 is 2.19 bits per heavy atom. The maximum absolute atomic E-state index is 11.2. The molecule has 0 aliphatic heterocycles. The van der Waals surface area contributed by atoms with Crippen molar-refractivity contribution in [1.82, 2.24) is 19.9 Å². The molecule has 0 unspecified atom stereocenters. The Morgan fingerprint density at radius 2 is 1.59 bits per heavy atom. The van der Waals surface area contributed by atoms with Gasteiger partial charge in [0.05, 0.1) is 5.69 Å². The van der Waals surface area contributed by atoms with E-state index in [0.717, 1.165) is 22.6 Å². The standard InChI is InChI=1S/C24H21ClN4O3/c1-16-23(24(30)31)28-15-29(16)22-11-4-18(14-27-22)13-26-12-17-2-7-20(8-3-17)32-21-9-5-19(25)6-10-21/h2-11,14-15,26H,12-13H2,1H3,(H,30,31). The molecule has 4 aromatic rings. The van der Waals surface area contributed by atoms with E-state index < -0.39 is 5.97 Å². The van der Waals surface area contributed by atoms with Gasteiger partial charge in [0.25, 0.3) is 0 Å². The third-order valence-electron chi connectivity index (χ3n) is 4.90. The van der Waals surface area contributed by atoms with Crippen LogP contribution in [0.5, 0.6) is 11.5 Å². The van der Waals surface area contributed by atoms with E-state index in [9.17, 15) is 4.79 Å². The molecular formula is C24H21ClN4O3. The number of nitrogens with zero attached hydrogens (tertiary/aromatic N) is 3. The first-order valence-electron chi connectivity index (χ1n) is 9.95. The van der Waals surface area contributed by atoms with Crippen LogP contribution in [-0.4, -0.2) is 25.6 Å². The highest BCUT2D eigenvalue weighted by Crippen LogP contribution is 2.23. The minimum absolute atomic E-state index is 0.0297. The van der Waals surface area contributed by atoms with Crippen molar-refractivity contribution in [2.45, 2.75) is 20.0 Å². The average Bonchev–Trinajstić information content (AvgIpc) is 3.19. The zero-order valence-corrected chi connectivity index (χ0v) is 18.1. The highest BCUT2D eigenvalue weighted by atomic mass is 35.5. The summed E-state index contributed by atoms with van der Waals surface area (Å²) in [7, 11) is 0. The number of rotatable bonds is 8. The second-order valence-corrected chi connectivity index (χ2v) is 7.62. The summed E-state index contributed by atoms with van der Waals surface area (Å²) in [4.78, 5) is 19.5. The number of carbonyl (C=O) groups is 1. The van der Waals surface area contributed by atoms with Gasteiger partial charge in [0.2, 0.25) is 0 Å². The van der Waals surface area contributed by atoms with Gasteiger partial charge in [-0.1, -0.05) is 29.8 Å². The number of ether oxygens (including phenoxy) is 1. The van der Waals surface area contributed by atoms with Gasteiger partial charge in [-0.25, -0.2) is 14.8 Å². The van der Waals surface area contributed by atoms with Crippen LogP contribution in [0.2, 0.25) is 5.02 Å². The highest BCUT2D eigenvalue weighted by Gasteiger charge is 2.14. The molecule has 4 rings (SSSR count). The van der Waals surface area contributed by atoms with Gasteiger partial charge in [-0.3, -0.25) is 4.57 Å². The molecule has 0 spiro atoms. The molecule has 0 saturated heterocycles. The third kappa shape index (κ3) is 5.14. The monoisotopic (exact) mass is 448 g/mol. The number of benzene rings is 2. The van der Waals surface area contributed by atoms with Crippen molar-refractivity contribution in [3.05, 3.63) is 101 Å². The molecule has 32 heavy (non-hydrogen) atoms. The second kappa shape index (κ2) is 9.64. The van der Waals surface area contributed by atoms with Crippen LogP contribution >= 0.6 is 11.6 Å². The summed E-state index contributed by atoms with van der Waals surface area (Å²) in [6.45, 7) is 3.06. The van der Waals surface area contributed by atoms with Crippen LogP contribution in [0.1, 0.15) is 27.3 Å². The summed E-state index contributed by atoms with van der Waals surface area (Å²) in [6, 6.07) is 18.9. The maximum atomic E-state index is 11.2. The first kappa shape index (κ1) is 21.5. The molecule has 2 heterocycles. The third-order valence-corrected chi connectivity index (χ3v) is 5.15. The summed E-state index contributed by atoms with van der Waals surface area (Å²) in [5, 5.41) is 13.2. The van der Waals surface area contributed by atoms with Crippen LogP contribution in [0, 0.1) is 6.92 Å². The Morgan fingerprint density at radius 1 is 0.969 bits per heavy atom. The minimum atomic E-state index is -1.05. The first-order valence-corrected chi connectivity index (χ1v) is 10.3. The van der Waals surface area contributed by atoms with Gasteiger partial charge in [0, 0.05) is 24.3 Å². The highest BCUT2D eigenvalue weighted by molar-refractivity contribution is 6.30. The lowest BCUT2D eigenvalue weighted by Crippen LogP contribution is -2.13. The van der Waals surface area contributed by atoms with E-state index in [0.29, 0.717) is 29.6 Å². The summed E-state index contributed by atoms with van der Waals surface area (Å²) >= 11 is 5.89. The van der Waals surface area contributed by atoms with Gasteiger partial charge in [-0.15, -0.1) is 0 Å². The molecule has 162 valence electrons. The number of imidazole rings is 1. The molecule has 2 N–H and O–H groups in total. The van der Waals surface area contributed by atoms with E-state index >= 15 is 0 Å². The predicted octanol–water partition coefficient (Wildman–Crippen LogP) is 5.01. The summed E-state index contributed by atoms with van der Waals surface area (Å²) < 4.78 is 7.47. The first-order chi connectivity index (χ1) is 15.5. The molecule has 7 nitrogen and oxygen atoms in total. The van der Waals surface area contributed by atoms with Gasteiger partial charge in [0.15, 0.2) is 5.69 Å². The lowest BCUT2D eigenvalue weighted by Gasteiger charge is -2.09. The van der Waals surface area contributed by atoms with Crippen LogP contribution in [0.3, 0.4) is 0 Å². The Labute approximate surface area is 190 Å². The van der Waals surface area contributed by atoms with Crippen molar-refractivity contribution >= 4 is 17.6 Å². The summed E-state index contributed by atoms with van der Waals surface area (Å²) in [6.07, 6.45) is 3.24. The molecule has 2 aromatic carbocycles. The van der Waals surface area contributed by atoms with Crippen LogP contribution in [-0.2, 0) is 13.1 Å². The van der Waals surface area contributed by atoms with Gasteiger partial charge >= 0.3 is 5.97 Å². The molecule has 0 aliphatic carbocycles. The minimum Gasteiger partial charge on any atom is -0.476 e. The fourth-order valence-electron chi connectivity index (χ4n) is 3.18. The van der Waals surface area contributed by atoms with Crippen molar-refractivity contribution in [3.8, 4) is 17.3 Å². The van der Waals surface area contributed by atoms with Gasteiger partial charge in [-0.2, -0.15) is 0 Å². The van der Waals surface area contributed by atoms with E-state index in [-0.39, 0.29) is 5.69 Å². The molecule has 0 atom stereocenters. The van der Waals surface area contributed by atoms with Crippen LogP contribution in [0.25, 0.3) is 5.82 Å². The Bertz CT molecular complexity index is 1200. The molecule has 0 saturated carbocycles. The molecule has 0 fully saturated rings. The number of carboxylic acids is 1. The Hall–Kier alpha value is -3.68. The number of carboxylic acid groups (broad SMARTS) is 1. The molecular weight excluding hydrogens is 428 g/mol. The molecule has 0 bridgehead atoms.